The minimum atomic E-state index is 0. The van der Waals surface area contributed by atoms with E-state index in [9.17, 15) is 0 Å². The smallest absolute Gasteiger partial charge is 1.00 e. The number of aromatic nitrogens is 2. The summed E-state index contributed by atoms with van der Waals surface area (Å²) in [6.45, 7) is 17.7. The third-order valence-corrected chi connectivity index (χ3v) is 8.36. The molecule has 4 nitrogen and oxygen atoms in total. The van der Waals surface area contributed by atoms with E-state index in [1.54, 1.807) is 0 Å². The van der Waals surface area contributed by atoms with Crippen LogP contribution in [0.3, 0.4) is 0 Å². The topological polar surface area (TPSA) is 55.2 Å². The Bertz CT molecular complexity index is 1950. The van der Waals surface area contributed by atoms with E-state index in [1.807, 2.05) is 32.0 Å². The average molecular weight is 743 g/mol. The number of benzene rings is 4. The van der Waals surface area contributed by atoms with Gasteiger partial charge in [-0.15, -0.1) is 0 Å². The van der Waals surface area contributed by atoms with Gasteiger partial charge in [0.1, 0.15) is 0 Å². The van der Waals surface area contributed by atoms with Crippen molar-refractivity contribution in [2.75, 3.05) is 6.61 Å². The molecule has 0 saturated heterocycles. The number of nitrogens with zero attached hydrogens (tertiary/aromatic N) is 2. The van der Waals surface area contributed by atoms with Gasteiger partial charge in [0.05, 0.1) is 22.4 Å². The van der Waals surface area contributed by atoms with Crippen LogP contribution in [0.1, 0.15) is 56.9 Å². The van der Waals surface area contributed by atoms with Crippen molar-refractivity contribution in [2.24, 2.45) is 11.8 Å². The molecule has 2 aromatic heterocycles. The summed E-state index contributed by atoms with van der Waals surface area (Å²) in [5, 5.41) is 10.4. The first kappa shape index (κ1) is 41.2. The molecule has 0 aliphatic rings. The standard InChI is InChI=1S/C21H23N.C17H14BrN.C4H10BO2.K.H/c1-14(2)10-17-6-5-7-21-19(17)8-9-20(22-21)18-12-15(3)11-16(4)13-18;1-11-8-12(2)10-13(9-11)16-7-6-14-15(18)4-3-5-17(14)19-16;1-4(2)3-7-5-6;;/h5-9,11-14H,10H2,1-4H3;3-10H,1-2H3;4,6H,3H2,1-2H3;;/q;;;+1;-1. The van der Waals surface area contributed by atoms with Gasteiger partial charge in [0.25, 0.3) is 0 Å². The van der Waals surface area contributed by atoms with Crippen LogP contribution in [0.25, 0.3) is 44.3 Å². The number of hydrogen-bond donors (Lipinski definition) is 1. The van der Waals surface area contributed by atoms with Crippen LogP contribution in [0, 0.1) is 39.5 Å². The third kappa shape index (κ3) is 12.5. The van der Waals surface area contributed by atoms with Crippen molar-refractivity contribution < 1.29 is 62.5 Å². The number of fused-ring (bicyclic) bond motifs is 2. The molecule has 0 atom stereocenters. The van der Waals surface area contributed by atoms with Crippen LogP contribution in [0.5, 0.6) is 0 Å². The zero-order chi connectivity index (χ0) is 34.8. The van der Waals surface area contributed by atoms with E-state index < -0.39 is 0 Å². The van der Waals surface area contributed by atoms with Crippen molar-refractivity contribution in [3.63, 3.8) is 0 Å². The molecule has 1 radical (unpaired) electrons. The molecule has 1 N–H and O–H groups in total. The Kier molecular flexibility index (Phi) is 16.8. The van der Waals surface area contributed by atoms with Crippen LogP contribution < -0.4 is 51.4 Å². The van der Waals surface area contributed by atoms with Crippen molar-refractivity contribution in [1.29, 1.82) is 0 Å². The summed E-state index contributed by atoms with van der Waals surface area (Å²) in [5.74, 6) is 1.15. The van der Waals surface area contributed by atoms with Crippen molar-refractivity contribution in [2.45, 2.75) is 61.8 Å². The Labute approximate surface area is 346 Å². The van der Waals surface area contributed by atoms with E-state index in [2.05, 4.69) is 141 Å². The van der Waals surface area contributed by atoms with Gasteiger partial charge in [-0.25, -0.2) is 9.97 Å². The van der Waals surface area contributed by atoms with Gasteiger partial charge >= 0.3 is 59.1 Å². The van der Waals surface area contributed by atoms with Crippen molar-refractivity contribution in [1.82, 2.24) is 9.97 Å². The molecule has 249 valence electrons. The van der Waals surface area contributed by atoms with E-state index in [-0.39, 0.29) is 52.8 Å². The quantitative estimate of drug-likeness (QED) is 0.167. The van der Waals surface area contributed by atoms with E-state index in [4.69, 9.17) is 15.0 Å². The van der Waals surface area contributed by atoms with Gasteiger partial charge in [0.15, 0.2) is 0 Å². The minimum absolute atomic E-state index is 0. The van der Waals surface area contributed by atoms with Crippen LogP contribution in [0.4, 0.5) is 0 Å². The number of hydrogen-bond acceptors (Lipinski definition) is 4. The maximum atomic E-state index is 7.97. The predicted octanol–water partition coefficient (Wildman–Crippen LogP) is 8.30. The summed E-state index contributed by atoms with van der Waals surface area (Å²) in [6, 6.07) is 34.3. The Hall–Kier alpha value is -2.20. The molecule has 0 fully saturated rings. The molecule has 0 aliphatic heterocycles. The van der Waals surface area contributed by atoms with Gasteiger partial charge < -0.3 is 11.1 Å². The SMILES string of the molecule is CC(C)CO[B]O.Cc1cc(C)cc(-c2ccc3c(Br)cccc3n2)c1.Cc1cc(C)cc(-c2ccc3c(CC(C)C)cccc3n2)c1.[H-].[K+]. The maximum Gasteiger partial charge on any atom is 1.00 e. The molecule has 4 aromatic carbocycles. The molecule has 2 heterocycles. The molecular weight excluding hydrogens is 694 g/mol. The first-order valence-corrected chi connectivity index (χ1v) is 17.4. The molecule has 49 heavy (non-hydrogen) atoms. The predicted molar refractivity (Wildman–Crippen MR) is 209 cm³/mol. The van der Waals surface area contributed by atoms with Crippen LogP contribution in [0.15, 0.2) is 102 Å². The minimum Gasteiger partial charge on any atom is -1.00 e. The van der Waals surface area contributed by atoms with Crippen LogP contribution in [-0.4, -0.2) is 29.3 Å². The molecular formula is C42H48BBrKN2O2. The average Bonchev–Trinajstić information content (AvgIpc) is 3.03. The molecule has 0 spiro atoms. The van der Waals surface area contributed by atoms with Crippen molar-refractivity contribution in [3.05, 3.63) is 129 Å². The van der Waals surface area contributed by atoms with Crippen molar-refractivity contribution in [3.8, 4) is 22.5 Å². The second kappa shape index (κ2) is 20.0. The fourth-order valence-electron chi connectivity index (χ4n) is 5.76. The molecule has 0 amide bonds. The zero-order valence-corrected chi connectivity index (χ0v) is 35.2. The second-order valence-electron chi connectivity index (χ2n) is 13.4. The molecule has 6 aromatic rings. The van der Waals surface area contributed by atoms with E-state index in [1.165, 1.54) is 44.3 Å². The van der Waals surface area contributed by atoms with Gasteiger partial charge in [-0.05, 0) is 112 Å². The van der Waals surface area contributed by atoms with Gasteiger partial charge in [-0.1, -0.05) is 102 Å². The summed E-state index contributed by atoms with van der Waals surface area (Å²) in [5.41, 5.74) is 13.1. The molecule has 6 rings (SSSR count). The molecule has 0 aliphatic carbocycles. The Morgan fingerprint density at radius 2 is 1.12 bits per heavy atom. The Morgan fingerprint density at radius 3 is 1.57 bits per heavy atom. The maximum absolute atomic E-state index is 7.97. The summed E-state index contributed by atoms with van der Waals surface area (Å²) in [7, 11) is 0.722. The summed E-state index contributed by atoms with van der Waals surface area (Å²) >= 11 is 3.56. The second-order valence-corrected chi connectivity index (χ2v) is 14.2. The largest absolute Gasteiger partial charge is 1.00 e. The Balaban J connectivity index is 0.000000285. The summed E-state index contributed by atoms with van der Waals surface area (Å²) in [6.07, 6.45) is 1.10. The van der Waals surface area contributed by atoms with E-state index in [0.29, 0.717) is 18.4 Å². The molecule has 0 saturated carbocycles. The van der Waals surface area contributed by atoms with Gasteiger partial charge in [0.2, 0.25) is 0 Å². The number of pyridine rings is 2. The number of rotatable bonds is 7. The molecule has 0 bridgehead atoms. The number of aryl methyl sites for hydroxylation is 4. The zero-order valence-electron chi connectivity index (χ0n) is 31.5. The monoisotopic (exact) mass is 741 g/mol. The number of halogens is 1. The molecule has 7 heteroatoms. The summed E-state index contributed by atoms with van der Waals surface area (Å²) in [4.78, 5) is 9.65. The van der Waals surface area contributed by atoms with Crippen LogP contribution >= 0.6 is 15.9 Å². The fraction of sp³-hybridized carbons (Fsp3) is 0.286. The van der Waals surface area contributed by atoms with Gasteiger partial charge in [-0.3, -0.25) is 0 Å². The van der Waals surface area contributed by atoms with Crippen LogP contribution in [-0.2, 0) is 11.1 Å². The first-order valence-electron chi connectivity index (χ1n) is 16.6. The van der Waals surface area contributed by atoms with E-state index in [0.717, 1.165) is 46.4 Å². The van der Waals surface area contributed by atoms with Crippen LogP contribution in [0.2, 0.25) is 0 Å². The van der Waals surface area contributed by atoms with E-state index >= 15 is 0 Å². The normalized spacial score (nSPS) is 10.7. The van der Waals surface area contributed by atoms with Crippen molar-refractivity contribution >= 4 is 45.4 Å². The summed E-state index contributed by atoms with van der Waals surface area (Å²) < 4.78 is 5.61. The van der Waals surface area contributed by atoms with Gasteiger partial charge in [0, 0.05) is 33.0 Å². The fourth-order valence-corrected chi connectivity index (χ4v) is 6.24. The Morgan fingerprint density at radius 1 is 0.653 bits per heavy atom. The molecule has 0 unspecified atom stereocenters. The first-order chi connectivity index (χ1) is 22.9. The third-order valence-electron chi connectivity index (χ3n) is 7.67. The van der Waals surface area contributed by atoms with Gasteiger partial charge in [-0.2, -0.15) is 0 Å².